The van der Waals surface area contributed by atoms with Gasteiger partial charge in [0, 0.05) is 35.5 Å². The van der Waals surface area contributed by atoms with Crippen molar-refractivity contribution in [1.29, 1.82) is 0 Å². The molecule has 0 radical (unpaired) electrons. The van der Waals surface area contributed by atoms with Crippen LogP contribution < -0.4 is 5.32 Å². The van der Waals surface area contributed by atoms with Gasteiger partial charge in [-0.05, 0) is 35.9 Å². The van der Waals surface area contributed by atoms with E-state index < -0.39 is 11.7 Å². The van der Waals surface area contributed by atoms with E-state index in [0.29, 0.717) is 14.4 Å². The van der Waals surface area contributed by atoms with Crippen molar-refractivity contribution in [2.45, 2.75) is 12.2 Å². The normalized spacial score (nSPS) is 17.9. The summed E-state index contributed by atoms with van der Waals surface area (Å²) in [6, 6.07) is 7.25. The SMILES string of the molecule is FC(F)(F)c1ccc(Br)c([C@@H](c2ccc(Cl)s2)N2CCNCC2)c1. The molecular weight excluding hydrogens is 425 g/mol. The maximum atomic E-state index is 13.2. The Bertz CT molecular complexity index is 714. The summed E-state index contributed by atoms with van der Waals surface area (Å²) in [5, 5.41) is 3.27. The first kappa shape index (κ1) is 18.2. The molecule has 1 aromatic heterocycles. The first-order chi connectivity index (χ1) is 11.4. The van der Waals surface area contributed by atoms with Crippen LogP contribution in [0.25, 0.3) is 0 Å². The van der Waals surface area contributed by atoms with Crippen LogP contribution in [0.15, 0.2) is 34.8 Å². The summed E-state index contributed by atoms with van der Waals surface area (Å²) < 4.78 is 40.8. The lowest BCUT2D eigenvalue weighted by atomic mass is 10.00. The first-order valence-electron chi connectivity index (χ1n) is 7.43. The second kappa shape index (κ2) is 7.33. The van der Waals surface area contributed by atoms with Gasteiger partial charge in [-0.25, -0.2) is 0 Å². The Hall–Kier alpha value is -0.600. The minimum atomic E-state index is -4.36. The summed E-state index contributed by atoms with van der Waals surface area (Å²) in [5.74, 6) is 0. The summed E-state index contributed by atoms with van der Waals surface area (Å²) in [6.07, 6.45) is -4.36. The highest BCUT2D eigenvalue weighted by Crippen LogP contribution is 2.41. The van der Waals surface area contributed by atoms with Crippen molar-refractivity contribution < 1.29 is 13.2 Å². The fourth-order valence-corrected chi connectivity index (χ4v) is 4.55. The van der Waals surface area contributed by atoms with Crippen molar-refractivity contribution in [2.75, 3.05) is 26.2 Å². The van der Waals surface area contributed by atoms with Crippen LogP contribution in [0.1, 0.15) is 22.0 Å². The van der Waals surface area contributed by atoms with Crippen LogP contribution in [0, 0.1) is 0 Å². The summed E-state index contributed by atoms with van der Waals surface area (Å²) in [7, 11) is 0. The lowest BCUT2D eigenvalue weighted by Crippen LogP contribution is -2.45. The molecule has 0 aliphatic carbocycles. The number of rotatable bonds is 3. The van der Waals surface area contributed by atoms with Crippen LogP contribution >= 0.6 is 38.9 Å². The third kappa shape index (κ3) is 3.96. The Morgan fingerprint density at radius 1 is 1.17 bits per heavy atom. The molecule has 1 N–H and O–H groups in total. The molecule has 8 heteroatoms. The van der Waals surface area contributed by atoms with E-state index in [9.17, 15) is 13.2 Å². The molecule has 0 amide bonds. The number of hydrogen-bond acceptors (Lipinski definition) is 3. The summed E-state index contributed by atoms with van der Waals surface area (Å²) in [5.41, 5.74) is -0.0197. The number of nitrogens with one attached hydrogen (secondary N) is 1. The van der Waals surface area contributed by atoms with Crippen LogP contribution in [-0.4, -0.2) is 31.1 Å². The van der Waals surface area contributed by atoms with Gasteiger partial charge in [-0.2, -0.15) is 13.2 Å². The van der Waals surface area contributed by atoms with Crippen LogP contribution in [-0.2, 0) is 6.18 Å². The molecule has 1 fully saturated rings. The van der Waals surface area contributed by atoms with Gasteiger partial charge in [0.15, 0.2) is 0 Å². The Labute approximate surface area is 155 Å². The molecule has 1 aromatic carbocycles. The molecule has 3 rings (SSSR count). The fourth-order valence-electron chi connectivity index (χ4n) is 2.88. The fraction of sp³-hybridized carbons (Fsp3) is 0.375. The van der Waals surface area contributed by atoms with Gasteiger partial charge in [0.1, 0.15) is 0 Å². The molecule has 0 bridgehead atoms. The molecule has 1 aliphatic heterocycles. The van der Waals surface area contributed by atoms with E-state index in [1.165, 1.54) is 23.5 Å². The summed E-state index contributed by atoms with van der Waals surface area (Å²) >= 11 is 10.9. The van der Waals surface area contributed by atoms with Gasteiger partial charge in [-0.1, -0.05) is 27.5 Å². The number of thiophene rings is 1. The van der Waals surface area contributed by atoms with Crippen molar-refractivity contribution in [3.8, 4) is 0 Å². The van der Waals surface area contributed by atoms with Gasteiger partial charge in [0.25, 0.3) is 0 Å². The smallest absolute Gasteiger partial charge is 0.314 e. The van der Waals surface area contributed by atoms with Crippen LogP contribution in [0.4, 0.5) is 13.2 Å². The molecule has 0 spiro atoms. The lowest BCUT2D eigenvalue weighted by molar-refractivity contribution is -0.137. The molecule has 1 atom stereocenters. The van der Waals surface area contributed by atoms with E-state index in [2.05, 4.69) is 26.1 Å². The Kier molecular flexibility index (Phi) is 5.56. The average Bonchev–Trinajstić information content (AvgIpc) is 2.95. The quantitative estimate of drug-likeness (QED) is 0.709. The number of benzene rings is 1. The highest BCUT2D eigenvalue weighted by Gasteiger charge is 2.33. The summed E-state index contributed by atoms with van der Waals surface area (Å²) in [6.45, 7) is 3.16. The molecule has 2 heterocycles. The third-order valence-electron chi connectivity index (χ3n) is 4.00. The first-order valence-corrected chi connectivity index (χ1v) is 9.41. The topological polar surface area (TPSA) is 15.3 Å². The maximum absolute atomic E-state index is 13.2. The number of alkyl halides is 3. The monoisotopic (exact) mass is 438 g/mol. The molecule has 1 aliphatic rings. The van der Waals surface area contributed by atoms with E-state index in [-0.39, 0.29) is 6.04 Å². The number of halogens is 5. The zero-order valence-corrected chi connectivity index (χ0v) is 15.7. The molecule has 0 saturated carbocycles. The zero-order valence-electron chi connectivity index (χ0n) is 12.5. The van der Waals surface area contributed by atoms with Gasteiger partial charge < -0.3 is 5.32 Å². The largest absolute Gasteiger partial charge is 0.416 e. The van der Waals surface area contributed by atoms with Crippen molar-refractivity contribution >= 4 is 38.9 Å². The van der Waals surface area contributed by atoms with Crippen molar-refractivity contribution in [1.82, 2.24) is 10.2 Å². The van der Waals surface area contributed by atoms with Crippen molar-refractivity contribution in [2.24, 2.45) is 0 Å². The predicted octanol–water partition coefficient (Wildman–Crippen LogP) is 5.18. The molecule has 0 unspecified atom stereocenters. The van der Waals surface area contributed by atoms with Gasteiger partial charge in [0.05, 0.1) is 15.9 Å². The van der Waals surface area contributed by atoms with E-state index >= 15 is 0 Å². The maximum Gasteiger partial charge on any atom is 0.416 e. The minimum Gasteiger partial charge on any atom is -0.314 e. The summed E-state index contributed by atoms with van der Waals surface area (Å²) in [4.78, 5) is 3.14. The van der Waals surface area contributed by atoms with Crippen molar-refractivity contribution in [3.05, 3.63) is 55.1 Å². The molecule has 2 aromatic rings. The van der Waals surface area contributed by atoms with Gasteiger partial charge in [-0.3, -0.25) is 4.90 Å². The Balaban J connectivity index is 2.08. The third-order valence-corrected chi connectivity index (χ3v) is 6.00. The molecule has 2 nitrogen and oxygen atoms in total. The van der Waals surface area contributed by atoms with Crippen molar-refractivity contribution in [3.63, 3.8) is 0 Å². The van der Waals surface area contributed by atoms with Gasteiger partial charge in [0.2, 0.25) is 0 Å². The number of hydrogen-bond donors (Lipinski definition) is 1. The van der Waals surface area contributed by atoms with Gasteiger partial charge in [-0.15, -0.1) is 11.3 Å². The second-order valence-corrected chi connectivity index (χ2v) is 8.17. The molecule has 1 saturated heterocycles. The van der Waals surface area contributed by atoms with Gasteiger partial charge >= 0.3 is 6.18 Å². The Morgan fingerprint density at radius 2 is 1.88 bits per heavy atom. The van der Waals surface area contributed by atoms with Crippen LogP contribution in [0.2, 0.25) is 4.34 Å². The van der Waals surface area contributed by atoms with E-state index in [1.54, 1.807) is 6.07 Å². The average molecular weight is 440 g/mol. The highest BCUT2D eigenvalue weighted by atomic mass is 79.9. The van der Waals surface area contributed by atoms with E-state index in [4.69, 9.17) is 11.6 Å². The molecular formula is C16H15BrClF3N2S. The number of piperazine rings is 1. The predicted molar refractivity (Wildman–Crippen MR) is 94.8 cm³/mol. The standard InChI is InChI=1S/C16H15BrClF3N2S/c17-12-2-1-10(16(19,20)21)9-11(12)15(13-3-4-14(18)24-13)23-7-5-22-6-8-23/h1-4,9,15,22H,5-8H2/t15-/m0/s1. The van der Waals surface area contributed by atoms with Crippen LogP contribution in [0.5, 0.6) is 0 Å². The van der Waals surface area contributed by atoms with Crippen LogP contribution in [0.3, 0.4) is 0 Å². The zero-order chi connectivity index (χ0) is 17.3. The minimum absolute atomic E-state index is 0.249. The molecule has 130 valence electrons. The van der Waals surface area contributed by atoms with E-state index in [0.717, 1.165) is 37.1 Å². The molecule has 24 heavy (non-hydrogen) atoms. The lowest BCUT2D eigenvalue weighted by Gasteiger charge is -2.35. The number of nitrogens with zero attached hydrogens (tertiary/aromatic N) is 1. The highest BCUT2D eigenvalue weighted by molar-refractivity contribution is 9.10. The Morgan fingerprint density at radius 3 is 2.46 bits per heavy atom. The van der Waals surface area contributed by atoms with E-state index in [1.807, 2.05) is 6.07 Å². The second-order valence-electron chi connectivity index (χ2n) is 5.56.